The first-order valence-electron chi connectivity index (χ1n) is 7.41. The molecule has 0 radical (unpaired) electrons. The predicted octanol–water partition coefficient (Wildman–Crippen LogP) is 1.11. The molecule has 1 aliphatic heterocycles. The first-order chi connectivity index (χ1) is 9.72. The number of likely N-dealkylation sites (N-methyl/N-ethyl adjacent to an activating group) is 1. The van der Waals surface area contributed by atoms with E-state index in [1.165, 1.54) is 11.1 Å². The highest BCUT2D eigenvalue weighted by molar-refractivity contribution is 5.47. The van der Waals surface area contributed by atoms with Gasteiger partial charge < -0.3 is 10.2 Å². The summed E-state index contributed by atoms with van der Waals surface area (Å²) in [5, 5.41) is 3.39. The molecular formula is C16H25N3O. The molecule has 1 aromatic rings. The molecule has 1 amide bonds. The molecule has 1 aromatic carbocycles. The molecule has 0 saturated carbocycles. The number of amides is 1. The van der Waals surface area contributed by atoms with Crippen LogP contribution in [0.25, 0.3) is 0 Å². The Morgan fingerprint density at radius 3 is 2.65 bits per heavy atom. The zero-order valence-corrected chi connectivity index (χ0v) is 12.5. The van der Waals surface area contributed by atoms with Crippen LogP contribution in [0.1, 0.15) is 18.1 Å². The lowest BCUT2D eigenvalue weighted by atomic mass is 10.1. The van der Waals surface area contributed by atoms with Gasteiger partial charge in [0.15, 0.2) is 0 Å². The van der Waals surface area contributed by atoms with Crippen molar-refractivity contribution in [1.82, 2.24) is 15.1 Å². The van der Waals surface area contributed by atoms with Crippen LogP contribution >= 0.6 is 0 Å². The average Bonchev–Trinajstić information content (AvgIpc) is 2.49. The smallest absolute Gasteiger partial charge is 0.210 e. The number of nitrogens with one attached hydrogen (secondary N) is 1. The normalized spacial score (nSPS) is 19.8. The van der Waals surface area contributed by atoms with E-state index >= 15 is 0 Å². The van der Waals surface area contributed by atoms with Crippen molar-refractivity contribution in [3.8, 4) is 0 Å². The van der Waals surface area contributed by atoms with Crippen LogP contribution in [-0.4, -0.2) is 55.5 Å². The van der Waals surface area contributed by atoms with E-state index < -0.39 is 0 Å². The molecule has 1 N–H and O–H groups in total. The van der Waals surface area contributed by atoms with Crippen molar-refractivity contribution >= 4 is 6.41 Å². The van der Waals surface area contributed by atoms with Crippen LogP contribution < -0.4 is 5.32 Å². The Bertz CT molecular complexity index is 418. The third-order valence-corrected chi connectivity index (χ3v) is 4.06. The average molecular weight is 275 g/mol. The molecule has 0 bridgehead atoms. The monoisotopic (exact) mass is 275 g/mol. The van der Waals surface area contributed by atoms with E-state index in [0.717, 1.165) is 39.0 Å². The maximum Gasteiger partial charge on any atom is 0.210 e. The fourth-order valence-electron chi connectivity index (χ4n) is 2.60. The van der Waals surface area contributed by atoms with Gasteiger partial charge in [0, 0.05) is 38.8 Å². The summed E-state index contributed by atoms with van der Waals surface area (Å²) in [6.07, 6.45) is 2.02. The zero-order chi connectivity index (χ0) is 14.4. The molecule has 1 aliphatic rings. The highest BCUT2D eigenvalue weighted by Crippen LogP contribution is 2.09. The molecule has 1 saturated heterocycles. The summed E-state index contributed by atoms with van der Waals surface area (Å²) in [6.45, 7) is 6.66. The fraction of sp³-hybridized carbons (Fsp3) is 0.562. The molecule has 4 heteroatoms. The molecule has 1 heterocycles. The number of aryl methyl sites for hydroxylation is 1. The molecule has 110 valence electrons. The summed E-state index contributed by atoms with van der Waals surface area (Å²) in [5.74, 6) is 0. The highest BCUT2D eigenvalue weighted by Gasteiger charge is 2.20. The topological polar surface area (TPSA) is 35.6 Å². The largest absolute Gasteiger partial charge is 0.339 e. The third kappa shape index (κ3) is 4.05. The Morgan fingerprint density at radius 1 is 1.35 bits per heavy atom. The van der Waals surface area contributed by atoms with E-state index in [1.54, 1.807) is 0 Å². The van der Waals surface area contributed by atoms with Gasteiger partial charge in [-0.25, -0.2) is 0 Å². The maximum absolute atomic E-state index is 11.3. The molecule has 1 fully saturated rings. The van der Waals surface area contributed by atoms with Gasteiger partial charge in [-0.2, -0.15) is 0 Å². The van der Waals surface area contributed by atoms with Crippen LogP contribution in [0.3, 0.4) is 0 Å². The number of piperazine rings is 1. The van der Waals surface area contributed by atoms with Gasteiger partial charge in [0.25, 0.3) is 0 Å². The van der Waals surface area contributed by atoms with Crippen molar-refractivity contribution in [3.05, 3.63) is 35.4 Å². The minimum atomic E-state index is 0.406. The number of carbonyl (C=O) groups is 1. The van der Waals surface area contributed by atoms with Gasteiger partial charge in [-0.05, 0) is 24.6 Å². The maximum atomic E-state index is 11.3. The number of benzene rings is 1. The Kier molecular flexibility index (Phi) is 5.56. The molecule has 1 unspecified atom stereocenters. The van der Waals surface area contributed by atoms with Crippen molar-refractivity contribution in [3.63, 3.8) is 0 Å². The zero-order valence-electron chi connectivity index (χ0n) is 12.5. The first kappa shape index (κ1) is 15.0. The minimum absolute atomic E-state index is 0.406. The Labute approximate surface area is 121 Å². The Balaban J connectivity index is 1.92. The molecular weight excluding hydrogens is 250 g/mol. The van der Waals surface area contributed by atoms with E-state index in [2.05, 4.69) is 48.5 Å². The van der Waals surface area contributed by atoms with E-state index in [4.69, 9.17) is 0 Å². The second-order valence-corrected chi connectivity index (χ2v) is 5.54. The van der Waals surface area contributed by atoms with Gasteiger partial charge in [-0.3, -0.25) is 9.69 Å². The lowest BCUT2D eigenvalue weighted by Gasteiger charge is -2.35. The number of carbonyl (C=O) groups excluding carboxylic acids is 1. The second kappa shape index (κ2) is 7.41. The summed E-state index contributed by atoms with van der Waals surface area (Å²) in [7, 11) is 2.13. The standard InChI is InChI=1S/C16H25N3O/c1-3-14-4-6-15(7-5-14)11-19(13-20)12-16-10-17-8-9-18(16)2/h4-7,13,16-17H,3,8-12H2,1-2H3. The number of rotatable bonds is 6. The van der Waals surface area contributed by atoms with Crippen molar-refractivity contribution < 1.29 is 4.79 Å². The number of hydrogen-bond donors (Lipinski definition) is 1. The molecule has 20 heavy (non-hydrogen) atoms. The molecule has 2 rings (SSSR count). The van der Waals surface area contributed by atoms with Gasteiger partial charge in [0.2, 0.25) is 6.41 Å². The van der Waals surface area contributed by atoms with Gasteiger partial charge in [-0.15, -0.1) is 0 Å². The number of nitrogens with zero attached hydrogens (tertiary/aromatic N) is 2. The van der Waals surface area contributed by atoms with E-state index in [1.807, 2.05) is 4.90 Å². The van der Waals surface area contributed by atoms with Gasteiger partial charge in [-0.1, -0.05) is 31.2 Å². The van der Waals surface area contributed by atoms with Crippen LogP contribution in [0, 0.1) is 0 Å². The van der Waals surface area contributed by atoms with E-state index in [9.17, 15) is 4.79 Å². The Morgan fingerprint density at radius 2 is 2.05 bits per heavy atom. The van der Waals surface area contributed by atoms with Gasteiger partial charge in [0.05, 0.1) is 0 Å². The highest BCUT2D eigenvalue weighted by atomic mass is 16.1. The van der Waals surface area contributed by atoms with Gasteiger partial charge in [0.1, 0.15) is 0 Å². The molecule has 0 aromatic heterocycles. The fourth-order valence-corrected chi connectivity index (χ4v) is 2.60. The second-order valence-electron chi connectivity index (χ2n) is 5.54. The van der Waals surface area contributed by atoms with Crippen molar-refractivity contribution in [2.45, 2.75) is 25.9 Å². The molecule has 1 atom stereocenters. The Hall–Kier alpha value is -1.39. The number of hydrogen-bond acceptors (Lipinski definition) is 3. The van der Waals surface area contributed by atoms with Crippen LogP contribution in [0.15, 0.2) is 24.3 Å². The van der Waals surface area contributed by atoms with Crippen molar-refractivity contribution in [2.75, 3.05) is 33.2 Å². The van der Waals surface area contributed by atoms with Crippen molar-refractivity contribution in [2.24, 2.45) is 0 Å². The lowest BCUT2D eigenvalue weighted by Crippen LogP contribution is -2.53. The first-order valence-corrected chi connectivity index (χ1v) is 7.41. The van der Waals surface area contributed by atoms with Gasteiger partial charge >= 0.3 is 0 Å². The predicted molar refractivity (Wildman–Crippen MR) is 81.6 cm³/mol. The molecule has 4 nitrogen and oxygen atoms in total. The quantitative estimate of drug-likeness (QED) is 0.790. The summed E-state index contributed by atoms with van der Waals surface area (Å²) < 4.78 is 0. The summed E-state index contributed by atoms with van der Waals surface area (Å²) in [4.78, 5) is 15.5. The third-order valence-electron chi connectivity index (χ3n) is 4.06. The van der Waals surface area contributed by atoms with E-state index in [-0.39, 0.29) is 0 Å². The van der Waals surface area contributed by atoms with Crippen molar-refractivity contribution in [1.29, 1.82) is 0 Å². The summed E-state index contributed by atoms with van der Waals surface area (Å²) in [6, 6.07) is 8.94. The molecule has 0 aliphatic carbocycles. The van der Waals surface area contributed by atoms with Crippen LogP contribution in [0.2, 0.25) is 0 Å². The van der Waals surface area contributed by atoms with Crippen LogP contribution in [-0.2, 0) is 17.8 Å². The van der Waals surface area contributed by atoms with Crippen LogP contribution in [0.4, 0.5) is 0 Å². The molecule has 0 spiro atoms. The summed E-state index contributed by atoms with van der Waals surface area (Å²) >= 11 is 0. The van der Waals surface area contributed by atoms with Crippen LogP contribution in [0.5, 0.6) is 0 Å². The lowest BCUT2D eigenvalue weighted by molar-refractivity contribution is -0.119. The van der Waals surface area contributed by atoms with E-state index in [0.29, 0.717) is 12.6 Å². The minimum Gasteiger partial charge on any atom is -0.339 e. The SMILES string of the molecule is CCc1ccc(CN(C=O)CC2CNCCN2C)cc1. The summed E-state index contributed by atoms with van der Waals surface area (Å²) in [5.41, 5.74) is 2.53.